The molecule has 0 bridgehead atoms. The maximum absolute atomic E-state index is 12.4. The highest BCUT2D eigenvalue weighted by atomic mass is 35.5. The van der Waals surface area contributed by atoms with Crippen LogP contribution in [0.1, 0.15) is 32.3 Å². The van der Waals surface area contributed by atoms with E-state index < -0.39 is 10.0 Å². The second-order valence-electron chi connectivity index (χ2n) is 4.72. The Hall–Kier alpha value is -0.330. The van der Waals surface area contributed by atoms with Crippen LogP contribution in [0.15, 0.2) is 17.0 Å². The summed E-state index contributed by atoms with van der Waals surface area (Å²) < 4.78 is 27.4. The van der Waals surface area contributed by atoms with Crippen molar-refractivity contribution in [1.29, 1.82) is 0 Å². The molecule has 0 aliphatic heterocycles. The van der Waals surface area contributed by atoms with E-state index >= 15 is 0 Å². The van der Waals surface area contributed by atoms with Crippen molar-refractivity contribution in [2.45, 2.75) is 44.2 Å². The Bertz CT molecular complexity index is 562. The zero-order chi connectivity index (χ0) is 15.3. The molecule has 114 valence electrons. The SMILES string of the molecule is CCCC(C)NS(=O)(=O)c1cc(Cl)cc(CNC)c1Cl. The minimum absolute atomic E-state index is 0.0277. The molecule has 1 atom stereocenters. The molecule has 1 unspecified atom stereocenters. The van der Waals surface area contributed by atoms with Gasteiger partial charge in [-0.05, 0) is 38.1 Å². The summed E-state index contributed by atoms with van der Waals surface area (Å²) in [6.45, 7) is 4.28. The molecule has 0 aliphatic rings. The molecule has 0 amide bonds. The van der Waals surface area contributed by atoms with Crippen LogP contribution < -0.4 is 10.0 Å². The first-order valence-electron chi connectivity index (χ1n) is 6.46. The van der Waals surface area contributed by atoms with Crippen molar-refractivity contribution >= 4 is 33.2 Å². The Balaban J connectivity index is 3.17. The van der Waals surface area contributed by atoms with Crippen molar-refractivity contribution < 1.29 is 8.42 Å². The molecule has 1 aromatic rings. The lowest BCUT2D eigenvalue weighted by molar-refractivity contribution is 0.544. The van der Waals surface area contributed by atoms with Crippen molar-refractivity contribution in [3.63, 3.8) is 0 Å². The molecular formula is C13H20Cl2N2O2S. The summed E-state index contributed by atoms with van der Waals surface area (Å²) in [4.78, 5) is 0.0277. The number of benzene rings is 1. The molecule has 2 N–H and O–H groups in total. The summed E-state index contributed by atoms with van der Waals surface area (Å²) in [5.74, 6) is 0. The molecule has 0 radical (unpaired) electrons. The number of hydrogen-bond donors (Lipinski definition) is 2. The largest absolute Gasteiger partial charge is 0.316 e. The summed E-state index contributed by atoms with van der Waals surface area (Å²) in [7, 11) is -1.91. The molecule has 0 heterocycles. The van der Waals surface area contributed by atoms with Gasteiger partial charge in [0.25, 0.3) is 0 Å². The van der Waals surface area contributed by atoms with Gasteiger partial charge in [-0.25, -0.2) is 13.1 Å². The Morgan fingerprint density at radius 3 is 2.50 bits per heavy atom. The predicted molar refractivity (Wildman–Crippen MR) is 83.9 cm³/mol. The van der Waals surface area contributed by atoms with Crippen molar-refractivity contribution in [3.8, 4) is 0 Å². The molecule has 0 saturated carbocycles. The molecule has 1 rings (SSSR count). The van der Waals surface area contributed by atoms with Gasteiger partial charge in [-0.3, -0.25) is 0 Å². The second-order valence-corrected chi connectivity index (χ2v) is 7.22. The number of rotatable bonds is 7. The lowest BCUT2D eigenvalue weighted by Crippen LogP contribution is -2.32. The van der Waals surface area contributed by atoms with Gasteiger partial charge >= 0.3 is 0 Å². The van der Waals surface area contributed by atoms with Crippen LogP contribution in [0.3, 0.4) is 0 Å². The van der Waals surface area contributed by atoms with Gasteiger partial charge in [0.05, 0.1) is 5.02 Å². The van der Waals surface area contributed by atoms with E-state index in [0.29, 0.717) is 17.1 Å². The van der Waals surface area contributed by atoms with Crippen LogP contribution in [0.25, 0.3) is 0 Å². The molecular weight excluding hydrogens is 319 g/mol. The van der Waals surface area contributed by atoms with Crippen LogP contribution in [0, 0.1) is 0 Å². The van der Waals surface area contributed by atoms with E-state index in [4.69, 9.17) is 23.2 Å². The highest BCUT2D eigenvalue weighted by Crippen LogP contribution is 2.29. The summed E-state index contributed by atoms with van der Waals surface area (Å²) in [5, 5.41) is 3.49. The molecule has 0 spiro atoms. The average molecular weight is 339 g/mol. The lowest BCUT2D eigenvalue weighted by Gasteiger charge is -2.16. The van der Waals surface area contributed by atoms with E-state index in [0.717, 1.165) is 12.8 Å². The smallest absolute Gasteiger partial charge is 0.242 e. The van der Waals surface area contributed by atoms with Gasteiger partial charge in [0.15, 0.2) is 0 Å². The summed E-state index contributed by atoms with van der Waals surface area (Å²) in [6, 6.07) is 2.90. The molecule has 1 aromatic carbocycles. The van der Waals surface area contributed by atoms with Gasteiger partial charge < -0.3 is 5.32 Å². The standard InChI is InChI=1S/C13H20Cl2N2O2S/c1-4-5-9(2)17-20(18,19)12-7-11(14)6-10(8-16-3)13(12)15/h6-7,9,16-17H,4-5,8H2,1-3H3. The third kappa shape index (κ3) is 4.60. The average Bonchev–Trinajstić information content (AvgIpc) is 2.33. The molecule has 0 aliphatic carbocycles. The Morgan fingerprint density at radius 1 is 1.30 bits per heavy atom. The maximum atomic E-state index is 12.4. The normalized spacial score (nSPS) is 13.4. The third-order valence-corrected chi connectivity index (χ3v) is 5.20. The summed E-state index contributed by atoms with van der Waals surface area (Å²) in [5.41, 5.74) is 0.658. The van der Waals surface area contributed by atoms with Crippen molar-refractivity contribution in [2.75, 3.05) is 7.05 Å². The summed E-state index contributed by atoms with van der Waals surface area (Å²) >= 11 is 12.2. The van der Waals surface area contributed by atoms with Crippen molar-refractivity contribution in [2.24, 2.45) is 0 Å². The minimum atomic E-state index is -3.67. The van der Waals surface area contributed by atoms with E-state index in [-0.39, 0.29) is 16.0 Å². The third-order valence-electron chi connectivity index (χ3n) is 2.81. The van der Waals surface area contributed by atoms with E-state index in [1.807, 2.05) is 13.8 Å². The number of nitrogens with one attached hydrogen (secondary N) is 2. The van der Waals surface area contributed by atoms with Crippen LogP contribution in [0.4, 0.5) is 0 Å². The first-order chi connectivity index (χ1) is 9.31. The van der Waals surface area contributed by atoms with Gasteiger partial charge in [0, 0.05) is 17.6 Å². The van der Waals surface area contributed by atoms with Crippen LogP contribution in [0.5, 0.6) is 0 Å². The lowest BCUT2D eigenvalue weighted by atomic mass is 10.2. The fourth-order valence-electron chi connectivity index (χ4n) is 1.95. The molecule has 0 fully saturated rings. The number of sulfonamides is 1. The molecule has 0 saturated heterocycles. The van der Waals surface area contributed by atoms with Crippen molar-refractivity contribution in [1.82, 2.24) is 10.0 Å². The second kappa shape index (κ2) is 7.61. The molecule has 0 aromatic heterocycles. The number of hydrogen-bond acceptors (Lipinski definition) is 3. The minimum Gasteiger partial charge on any atom is -0.316 e. The Kier molecular flexibility index (Phi) is 6.75. The van der Waals surface area contributed by atoms with Crippen LogP contribution >= 0.6 is 23.2 Å². The van der Waals surface area contributed by atoms with E-state index in [2.05, 4.69) is 10.0 Å². The quantitative estimate of drug-likeness (QED) is 0.802. The first kappa shape index (κ1) is 17.7. The Morgan fingerprint density at radius 2 is 1.95 bits per heavy atom. The fraction of sp³-hybridized carbons (Fsp3) is 0.538. The van der Waals surface area contributed by atoms with Crippen LogP contribution in [0.2, 0.25) is 10.0 Å². The number of halogens is 2. The molecule has 20 heavy (non-hydrogen) atoms. The highest BCUT2D eigenvalue weighted by Gasteiger charge is 2.22. The predicted octanol–water partition coefficient (Wildman–Crippen LogP) is 3.18. The van der Waals surface area contributed by atoms with E-state index in [1.54, 1.807) is 13.1 Å². The zero-order valence-electron chi connectivity index (χ0n) is 11.8. The van der Waals surface area contributed by atoms with Crippen LogP contribution in [-0.4, -0.2) is 21.5 Å². The van der Waals surface area contributed by atoms with Gasteiger partial charge in [-0.1, -0.05) is 36.5 Å². The van der Waals surface area contributed by atoms with Crippen LogP contribution in [-0.2, 0) is 16.6 Å². The monoisotopic (exact) mass is 338 g/mol. The van der Waals surface area contributed by atoms with Gasteiger partial charge in [0.2, 0.25) is 10.0 Å². The zero-order valence-corrected chi connectivity index (χ0v) is 14.2. The summed E-state index contributed by atoms with van der Waals surface area (Å²) in [6.07, 6.45) is 1.67. The molecule has 7 heteroatoms. The first-order valence-corrected chi connectivity index (χ1v) is 8.70. The topological polar surface area (TPSA) is 58.2 Å². The van der Waals surface area contributed by atoms with Crippen molar-refractivity contribution in [3.05, 3.63) is 27.7 Å². The Labute approximate surface area is 130 Å². The van der Waals surface area contributed by atoms with E-state index in [1.165, 1.54) is 6.07 Å². The van der Waals surface area contributed by atoms with Gasteiger partial charge in [0.1, 0.15) is 4.90 Å². The van der Waals surface area contributed by atoms with Gasteiger partial charge in [-0.2, -0.15) is 0 Å². The fourth-order valence-corrected chi connectivity index (χ4v) is 4.16. The maximum Gasteiger partial charge on any atom is 0.242 e. The van der Waals surface area contributed by atoms with Gasteiger partial charge in [-0.15, -0.1) is 0 Å². The van der Waals surface area contributed by atoms with E-state index in [9.17, 15) is 8.42 Å². The molecule has 4 nitrogen and oxygen atoms in total. The highest BCUT2D eigenvalue weighted by molar-refractivity contribution is 7.89.